The number of methoxy groups -OCH3 is 1. The number of rotatable bonds is 6. The van der Waals surface area contributed by atoms with Gasteiger partial charge in [-0.1, -0.05) is 41.9 Å². The van der Waals surface area contributed by atoms with Gasteiger partial charge in [0.1, 0.15) is 5.75 Å². The number of para-hydroxylation sites is 2. The standard InChI is InChI=1S/C20H18ClN3O2/c1-26-19-9-5-4-8-18(19)24-20(25)15-10-16(13-22-11-15)23-12-14-6-2-3-7-17(14)21/h2-11,13,23H,12H2,1H3,(H,24,25). The van der Waals surface area contributed by atoms with E-state index in [1.807, 2.05) is 36.4 Å². The smallest absolute Gasteiger partial charge is 0.257 e. The minimum absolute atomic E-state index is 0.261. The quantitative estimate of drug-likeness (QED) is 0.668. The molecular weight excluding hydrogens is 350 g/mol. The molecule has 2 N–H and O–H groups in total. The molecule has 0 unspecified atom stereocenters. The number of halogens is 1. The number of ether oxygens (including phenoxy) is 1. The molecule has 3 rings (SSSR count). The zero-order valence-electron chi connectivity index (χ0n) is 14.2. The zero-order valence-corrected chi connectivity index (χ0v) is 15.0. The first-order chi connectivity index (χ1) is 12.7. The van der Waals surface area contributed by atoms with Gasteiger partial charge in [-0.3, -0.25) is 9.78 Å². The predicted molar refractivity (Wildman–Crippen MR) is 104 cm³/mol. The van der Waals surface area contributed by atoms with Gasteiger partial charge in [0.2, 0.25) is 0 Å². The molecule has 1 amide bonds. The van der Waals surface area contributed by atoms with Crippen LogP contribution in [0.4, 0.5) is 11.4 Å². The van der Waals surface area contributed by atoms with Gasteiger partial charge >= 0.3 is 0 Å². The normalized spacial score (nSPS) is 10.2. The third-order valence-corrected chi connectivity index (χ3v) is 4.17. The summed E-state index contributed by atoms with van der Waals surface area (Å²) in [6, 6.07) is 16.6. The van der Waals surface area contributed by atoms with Crippen molar-refractivity contribution in [2.75, 3.05) is 17.7 Å². The first-order valence-electron chi connectivity index (χ1n) is 8.04. The van der Waals surface area contributed by atoms with Crippen molar-refractivity contribution in [2.24, 2.45) is 0 Å². The van der Waals surface area contributed by atoms with Gasteiger partial charge in [-0.2, -0.15) is 0 Å². The molecule has 5 nitrogen and oxygen atoms in total. The highest BCUT2D eigenvalue weighted by atomic mass is 35.5. The third-order valence-electron chi connectivity index (χ3n) is 3.80. The van der Waals surface area contributed by atoms with Gasteiger partial charge < -0.3 is 15.4 Å². The second-order valence-electron chi connectivity index (χ2n) is 5.56. The van der Waals surface area contributed by atoms with E-state index in [0.717, 1.165) is 11.3 Å². The Morgan fingerprint density at radius 2 is 1.88 bits per heavy atom. The van der Waals surface area contributed by atoms with Gasteiger partial charge in [0.05, 0.1) is 24.0 Å². The van der Waals surface area contributed by atoms with Gasteiger partial charge in [0, 0.05) is 24.0 Å². The third kappa shape index (κ3) is 4.32. The lowest BCUT2D eigenvalue weighted by Crippen LogP contribution is -2.13. The number of benzene rings is 2. The van der Waals surface area contributed by atoms with E-state index < -0.39 is 0 Å². The fourth-order valence-corrected chi connectivity index (χ4v) is 2.64. The fraction of sp³-hybridized carbons (Fsp3) is 0.100. The molecule has 0 spiro atoms. The number of aromatic nitrogens is 1. The summed E-state index contributed by atoms with van der Waals surface area (Å²) in [7, 11) is 1.56. The predicted octanol–water partition coefficient (Wildman–Crippen LogP) is 4.61. The molecule has 0 aliphatic rings. The van der Waals surface area contributed by atoms with Crippen molar-refractivity contribution in [3.8, 4) is 5.75 Å². The zero-order chi connectivity index (χ0) is 18.4. The molecule has 3 aromatic rings. The average molecular weight is 368 g/mol. The largest absolute Gasteiger partial charge is 0.495 e. The van der Waals surface area contributed by atoms with Crippen LogP contribution in [0, 0.1) is 0 Å². The first kappa shape index (κ1) is 17.8. The Morgan fingerprint density at radius 1 is 1.12 bits per heavy atom. The Labute approximate surface area is 157 Å². The van der Waals surface area contributed by atoms with Crippen molar-refractivity contribution in [3.05, 3.63) is 83.1 Å². The molecule has 26 heavy (non-hydrogen) atoms. The summed E-state index contributed by atoms with van der Waals surface area (Å²) in [6.45, 7) is 0.541. The number of pyridine rings is 1. The number of amides is 1. The van der Waals surface area contributed by atoms with Gasteiger partial charge in [0.25, 0.3) is 5.91 Å². The Balaban J connectivity index is 1.70. The van der Waals surface area contributed by atoms with Gasteiger partial charge in [-0.15, -0.1) is 0 Å². The minimum Gasteiger partial charge on any atom is -0.495 e. The first-order valence-corrected chi connectivity index (χ1v) is 8.42. The summed E-state index contributed by atoms with van der Waals surface area (Å²) in [5.74, 6) is 0.338. The van der Waals surface area contributed by atoms with Crippen LogP contribution >= 0.6 is 11.6 Å². The van der Waals surface area contributed by atoms with Gasteiger partial charge in [-0.05, 0) is 29.8 Å². The topological polar surface area (TPSA) is 63.2 Å². The summed E-state index contributed by atoms with van der Waals surface area (Å²) in [6.07, 6.45) is 3.18. The summed E-state index contributed by atoms with van der Waals surface area (Å²) >= 11 is 6.16. The van der Waals surface area contributed by atoms with Crippen molar-refractivity contribution in [1.82, 2.24) is 4.98 Å². The van der Waals surface area contributed by atoms with E-state index in [0.29, 0.717) is 28.6 Å². The molecule has 0 aliphatic carbocycles. The number of hydrogen-bond acceptors (Lipinski definition) is 4. The average Bonchev–Trinajstić information content (AvgIpc) is 2.68. The molecule has 2 aromatic carbocycles. The van der Waals surface area contributed by atoms with E-state index in [1.54, 1.807) is 31.5 Å². The van der Waals surface area contributed by atoms with Crippen molar-refractivity contribution in [2.45, 2.75) is 6.54 Å². The molecule has 0 atom stereocenters. The molecule has 6 heteroatoms. The van der Waals surface area contributed by atoms with E-state index in [2.05, 4.69) is 15.6 Å². The number of anilines is 2. The minimum atomic E-state index is -0.261. The lowest BCUT2D eigenvalue weighted by atomic mass is 10.2. The Kier molecular flexibility index (Phi) is 5.71. The van der Waals surface area contributed by atoms with Crippen LogP contribution in [-0.2, 0) is 6.54 Å². The molecule has 0 fully saturated rings. The van der Waals surface area contributed by atoms with Crippen LogP contribution in [0.5, 0.6) is 5.75 Å². The molecule has 1 aromatic heterocycles. The Hall–Kier alpha value is -3.05. The highest BCUT2D eigenvalue weighted by Crippen LogP contribution is 2.24. The molecule has 0 saturated carbocycles. The van der Waals surface area contributed by atoms with Crippen LogP contribution in [0.1, 0.15) is 15.9 Å². The van der Waals surface area contributed by atoms with Crippen LogP contribution in [0.3, 0.4) is 0 Å². The highest BCUT2D eigenvalue weighted by Gasteiger charge is 2.10. The number of carbonyl (C=O) groups is 1. The van der Waals surface area contributed by atoms with Crippen LogP contribution in [0.25, 0.3) is 0 Å². The van der Waals surface area contributed by atoms with Crippen molar-refractivity contribution >= 4 is 28.9 Å². The number of nitrogens with zero attached hydrogens (tertiary/aromatic N) is 1. The molecular formula is C20H18ClN3O2. The molecule has 0 saturated heterocycles. The van der Waals surface area contributed by atoms with Crippen LogP contribution < -0.4 is 15.4 Å². The second-order valence-corrected chi connectivity index (χ2v) is 5.97. The SMILES string of the molecule is COc1ccccc1NC(=O)c1cncc(NCc2ccccc2Cl)c1. The molecule has 132 valence electrons. The maximum atomic E-state index is 12.5. The lowest BCUT2D eigenvalue weighted by molar-refractivity contribution is 0.102. The van der Waals surface area contributed by atoms with Gasteiger partial charge in [0.15, 0.2) is 0 Å². The molecule has 0 radical (unpaired) electrons. The second kappa shape index (κ2) is 8.36. The lowest BCUT2D eigenvalue weighted by Gasteiger charge is -2.11. The van der Waals surface area contributed by atoms with E-state index in [1.165, 1.54) is 6.20 Å². The Morgan fingerprint density at radius 3 is 2.69 bits per heavy atom. The fourth-order valence-electron chi connectivity index (χ4n) is 2.44. The monoisotopic (exact) mass is 367 g/mol. The number of hydrogen-bond donors (Lipinski definition) is 2. The van der Waals surface area contributed by atoms with E-state index >= 15 is 0 Å². The summed E-state index contributed by atoms with van der Waals surface area (Å²) in [5, 5.41) is 6.76. The van der Waals surface area contributed by atoms with Crippen LogP contribution in [0.2, 0.25) is 5.02 Å². The number of nitrogens with one attached hydrogen (secondary N) is 2. The summed E-state index contributed by atoms with van der Waals surface area (Å²) in [4.78, 5) is 16.6. The maximum absolute atomic E-state index is 12.5. The number of carbonyl (C=O) groups excluding carboxylic acids is 1. The van der Waals surface area contributed by atoms with E-state index in [-0.39, 0.29) is 5.91 Å². The highest BCUT2D eigenvalue weighted by molar-refractivity contribution is 6.31. The summed E-state index contributed by atoms with van der Waals surface area (Å²) in [5.41, 5.74) is 2.75. The van der Waals surface area contributed by atoms with E-state index in [4.69, 9.17) is 16.3 Å². The van der Waals surface area contributed by atoms with Crippen LogP contribution in [0.15, 0.2) is 67.0 Å². The molecule has 0 bridgehead atoms. The molecule has 1 heterocycles. The van der Waals surface area contributed by atoms with Gasteiger partial charge in [-0.25, -0.2) is 0 Å². The van der Waals surface area contributed by atoms with Crippen molar-refractivity contribution in [3.63, 3.8) is 0 Å². The van der Waals surface area contributed by atoms with Crippen molar-refractivity contribution in [1.29, 1.82) is 0 Å². The van der Waals surface area contributed by atoms with Crippen molar-refractivity contribution < 1.29 is 9.53 Å². The molecule has 0 aliphatic heterocycles. The van der Waals surface area contributed by atoms with Crippen LogP contribution in [-0.4, -0.2) is 18.0 Å². The summed E-state index contributed by atoms with van der Waals surface area (Å²) < 4.78 is 5.25. The van der Waals surface area contributed by atoms with E-state index in [9.17, 15) is 4.79 Å². The maximum Gasteiger partial charge on any atom is 0.257 e. The Bertz CT molecular complexity index is 915.